The molecule has 1 aromatic heterocycles. The first-order valence-electron chi connectivity index (χ1n) is 3.75. The van der Waals surface area contributed by atoms with Crippen LogP contribution in [-0.4, -0.2) is 11.3 Å². The molecule has 72 valence electrons. The molecule has 1 amide bonds. The lowest BCUT2D eigenvalue weighted by Crippen LogP contribution is -2.28. The second kappa shape index (κ2) is 4.98. The first kappa shape index (κ1) is 11.0. The SMILES string of the molecule is CC(Cl)C(=O)NCc1sccc1Br. The summed E-state index contributed by atoms with van der Waals surface area (Å²) in [6.45, 7) is 2.19. The zero-order valence-electron chi connectivity index (χ0n) is 7.01. The van der Waals surface area contributed by atoms with Gasteiger partial charge >= 0.3 is 0 Å². The summed E-state index contributed by atoms with van der Waals surface area (Å²) in [6.07, 6.45) is 0. The molecule has 0 aliphatic carbocycles. The third-order valence-electron chi connectivity index (χ3n) is 1.48. The van der Waals surface area contributed by atoms with Crippen LogP contribution in [0.15, 0.2) is 15.9 Å². The summed E-state index contributed by atoms with van der Waals surface area (Å²) in [7, 11) is 0. The number of amides is 1. The van der Waals surface area contributed by atoms with Crippen molar-refractivity contribution in [3.05, 3.63) is 20.8 Å². The molecule has 1 heterocycles. The second-order valence-electron chi connectivity index (χ2n) is 2.53. The number of thiophene rings is 1. The average Bonchev–Trinajstić information content (AvgIpc) is 2.47. The van der Waals surface area contributed by atoms with Crippen LogP contribution in [0.4, 0.5) is 0 Å². The van der Waals surface area contributed by atoms with E-state index in [-0.39, 0.29) is 5.91 Å². The van der Waals surface area contributed by atoms with E-state index in [1.54, 1.807) is 18.3 Å². The third kappa shape index (κ3) is 3.29. The largest absolute Gasteiger partial charge is 0.350 e. The van der Waals surface area contributed by atoms with Crippen LogP contribution < -0.4 is 5.32 Å². The fraction of sp³-hybridized carbons (Fsp3) is 0.375. The van der Waals surface area contributed by atoms with E-state index in [2.05, 4.69) is 21.2 Å². The van der Waals surface area contributed by atoms with Crippen molar-refractivity contribution in [2.24, 2.45) is 0 Å². The van der Waals surface area contributed by atoms with Gasteiger partial charge in [-0.2, -0.15) is 0 Å². The predicted molar refractivity (Wildman–Crippen MR) is 59.2 cm³/mol. The Kier molecular flexibility index (Phi) is 4.22. The highest BCUT2D eigenvalue weighted by atomic mass is 79.9. The molecule has 0 radical (unpaired) electrons. The zero-order valence-corrected chi connectivity index (χ0v) is 10.2. The van der Waals surface area contributed by atoms with Crippen molar-refractivity contribution < 1.29 is 4.79 Å². The summed E-state index contributed by atoms with van der Waals surface area (Å²) in [5.74, 6) is -0.137. The zero-order chi connectivity index (χ0) is 9.84. The Labute approximate surface area is 94.4 Å². The van der Waals surface area contributed by atoms with Gasteiger partial charge in [0.25, 0.3) is 0 Å². The fourth-order valence-corrected chi connectivity index (χ4v) is 2.27. The molecule has 5 heteroatoms. The van der Waals surface area contributed by atoms with Crippen molar-refractivity contribution in [1.82, 2.24) is 5.32 Å². The van der Waals surface area contributed by atoms with Gasteiger partial charge in [0.2, 0.25) is 5.91 Å². The fourth-order valence-electron chi connectivity index (χ4n) is 0.759. The van der Waals surface area contributed by atoms with E-state index in [9.17, 15) is 4.79 Å². The molecule has 1 atom stereocenters. The Balaban J connectivity index is 2.44. The molecule has 0 fully saturated rings. The number of hydrogen-bond acceptors (Lipinski definition) is 2. The molecule has 1 N–H and O–H groups in total. The number of rotatable bonds is 3. The number of carbonyl (C=O) groups excluding carboxylic acids is 1. The highest BCUT2D eigenvalue weighted by Gasteiger charge is 2.09. The lowest BCUT2D eigenvalue weighted by Gasteiger charge is -2.04. The van der Waals surface area contributed by atoms with Gasteiger partial charge in [0, 0.05) is 9.35 Å². The number of alkyl halides is 1. The van der Waals surface area contributed by atoms with Crippen molar-refractivity contribution in [3.63, 3.8) is 0 Å². The molecule has 0 saturated carbocycles. The minimum atomic E-state index is -0.473. The van der Waals surface area contributed by atoms with Crippen LogP contribution in [-0.2, 0) is 11.3 Å². The number of nitrogens with one attached hydrogen (secondary N) is 1. The van der Waals surface area contributed by atoms with E-state index in [4.69, 9.17) is 11.6 Å². The molecule has 0 saturated heterocycles. The molecular formula is C8H9BrClNOS. The van der Waals surface area contributed by atoms with E-state index in [0.717, 1.165) is 9.35 Å². The van der Waals surface area contributed by atoms with Gasteiger partial charge in [0.05, 0.1) is 6.54 Å². The van der Waals surface area contributed by atoms with Gasteiger partial charge in [-0.1, -0.05) is 0 Å². The smallest absolute Gasteiger partial charge is 0.238 e. The van der Waals surface area contributed by atoms with Crippen molar-refractivity contribution >= 4 is 44.8 Å². The summed E-state index contributed by atoms with van der Waals surface area (Å²) in [5, 5.41) is 4.23. The van der Waals surface area contributed by atoms with Crippen molar-refractivity contribution in [3.8, 4) is 0 Å². The van der Waals surface area contributed by atoms with Gasteiger partial charge in [-0.15, -0.1) is 22.9 Å². The summed E-state index contributed by atoms with van der Waals surface area (Å²) in [5.41, 5.74) is 0. The van der Waals surface area contributed by atoms with Crippen LogP contribution in [0.2, 0.25) is 0 Å². The van der Waals surface area contributed by atoms with E-state index < -0.39 is 5.38 Å². The monoisotopic (exact) mass is 281 g/mol. The Bertz CT molecular complexity index is 300. The molecule has 1 unspecified atom stereocenters. The summed E-state index contributed by atoms with van der Waals surface area (Å²) in [4.78, 5) is 12.2. The molecule has 0 aliphatic rings. The highest BCUT2D eigenvalue weighted by molar-refractivity contribution is 9.10. The molecule has 13 heavy (non-hydrogen) atoms. The maximum Gasteiger partial charge on any atom is 0.238 e. The Morgan fingerprint density at radius 3 is 3.00 bits per heavy atom. The van der Waals surface area contributed by atoms with Crippen LogP contribution in [0, 0.1) is 0 Å². The first-order valence-corrected chi connectivity index (χ1v) is 5.86. The van der Waals surface area contributed by atoms with E-state index in [1.165, 1.54) is 0 Å². The van der Waals surface area contributed by atoms with Crippen LogP contribution in [0.1, 0.15) is 11.8 Å². The molecule has 0 bridgehead atoms. The van der Waals surface area contributed by atoms with Crippen LogP contribution >= 0.6 is 38.9 Å². The van der Waals surface area contributed by atoms with Crippen LogP contribution in [0.25, 0.3) is 0 Å². The Morgan fingerprint density at radius 2 is 2.54 bits per heavy atom. The molecule has 1 aromatic rings. The molecular weight excluding hydrogens is 274 g/mol. The van der Waals surface area contributed by atoms with E-state index in [0.29, 0.717) is 6.54 Å². The lowest BCUT2D eigenvalue weighted by molar-refractivity contribution is -0.120. The average molecular weight is 283 g/mol. The molecule has 2 nitrogen and oxygen atoms in total. The van der Waals surface area contributed by atoms with Crippen LogP contribution in [0.5, 0.6) is 0 Å². The van der Waals surface area contributed by atoms with E-state index >= 15 is 0 Å². The number of halogens is 2. The standard InChI is InChI=1S/C8H9BrClNOS/c1-5(10)8(12)11-4-7-6(9)2-3-13-7/h2-3,5H,4H2,1H3,(H,11,12). The minimum Gasteiger partial charge on any atom is -0.350 e. The molecule has 0 aliphatic heterocycles. The maximum atomic E-state index is 11.1. The number of hydrogen-bond donors (Lipinski definition) is 1. The molecule has 1 rings (SSSR count). The minimum absolute atomic E-state index is 0.137. The number of carbonyl (C=O) groups is 1. The second-order valence-corrected chi connectivity index (χ2v) is 5.04. The van der Waals surface area contributed by atoms with Gasteiger partial charge in [0.15, 0.2) is 0 Å². The van der Waals surface area contributed by atoms with Crippen LogP contribution in [0.3, 0.4) is 0 Å². The van der Waals surface area contributed by atoms with Crippen molar-refractivity contribution in [2.75, 3.05) is 0 Å². The third-order valence-corrected chi connectivity index (χ3v) is 3.60. The Morgan fingerprint density at radius 1 is 1.85 bits per heavy atom. The predicted octanol–water partition coefficient (Wildman–Crippen LogP) is 2.75. The van der Waals surface area contributed by atoms with Crippen molar-refractivity contribution in [1.29, 1.82) is 0 Å². The van der Waals surface area contributed by atoms with Gasteiger partial charge in [-0.25, -0.2) is 0 Å². The topological polar surface area (TPSA) is 29.1 Å². The molecule has 0 spiro atoms. The summed E-state index contributed by atoms with van der Waals surface area (Å²) >= 11 is 10.6. The quantitative estimate of drug-likeness (QED) is 0.849. The Hall–Kier alpha value is -0.0600. The van der Waals surface area contributed by atoms with Gasteiger partial charge in [-0.05, 0) is 34.3 Å². The summed E-state index contributed by atoms with van der Waals surface area (Å²) < 4.78 is 1.03. The normalized spacial score (nSPS) is 12.5. The lowest BCUT2D eigenvalue weighted by atomic mass is 10.4. The maximum absolute atomic E-state index is 11.1. The highest BCUT2D eigenvalue weighted by Crippen LogP contribution is 2.22. The van der Waals surface area contributed by atoms with Gasteiger partial charge in [-0.3, -0.25) is 4.79 Å². The summed E-state index contributed by atoms with van der Waals surface area (Å²) in [6, 6.07) is 1.95. The van der Waals surface area contributed by atoms with Gasteiger partial charge < -0.3 is 5.32 Å². The van der Waals surface area contributed by atoms with Gasteiger partial charge in [0.1, 0.15) is 5.38 Å². The first-order chi connectivity index (χ1) is 6.11. The van der Waals surface area contributed by atoms with E-state index in [1.807, 2.05) is 11.4 Å². The molecule has 0 aromatic carbocycles. The van der Waals surface area contributed by atoms with Crippen molar-refractivity contribution in [2.45, 2.75) is 18.8 Å².